The molecule has 3 nitrogen and oxygen atoms in total. The van der Waals surface area contributed by atoms with Gasteiger partial charge in [0.2, 0.25) is 0 Å². The summed E-state index contributed by atoms with van der Waals surface area (Å²) in [6, 6.07) is 11.2. The van der Waals surface area contributed by atoms with Crippen LogP contribution in [-0.4, -0.2) is 10.1 Å². The second kappa shape index (κ2) is 5.98. The van der Waals surface area contributed by atoms with Crippen LogP contribution >= 0.6 is 15.9 Å². The molecule has 0 aliphatic heterocycles. The van der Waals surface area contributed by atoms with E-state index in [2.05, 4.69) is 20.9 Å². The molecule has 1 aromatic heterocycles. The number of halogens is 1. The lowest BCUT2D eigenvalue weighted by Gasteiger charge is -2.09. The minimum absolute atomic E-state index is 0.508. The van der Waals surface area contributed by atoms with Crippen LogP contribution in [0.15, 0.2) is 47.1 Å². The van der Waals surface area contributed by atoms with Gasteiger partial charge < -0.3 is 9.84 Å². The van der Waals surface area contributed by atoms with E-state index in [0.29, 0.717) is 17.9 Å². The van der Waals surface area contributed by atoms with Crippen LogP contribution in [0, 0.1) is 0 Å². The van der Waals surface area contributed by atoms with E-state index >= 15 is 0 Å². The number of pyridine rings is 1. The molecule has 1 aromatic carbocycles. The standard InChI is InChI=1S/C14H14BrNO2/c1-2-14(17)13-8-7-12(9-16-13)18-11-5-3-10(15)4-6-11/h3-9,14,17H,2H2,1H3. The molecule has 0 saturated heterocycles. The number of rotatable bonds is 4. The summed E-state index contributed by atoms with van der Waals surface area (Å²) in [4.78, 5) is 4.18. The van der Waals surface area contributed by atoms with Crippen molar-refractivity contribution >= 4 is 15.9 Å². The maximum Gasteiger partial charge on any atom is 0.145 e. The fourth-order valence-electron chi connectivity index (χ4n) is 1.50. The van der Waals surface area contributed by atoms with Crippen LogP contribution in [0.4, 0.5) is 0 Å². The highest BCUT2D eigenvalue weighted by Gasteiger charge is 2.06. The Morgan fingerprint density at radius 2 is 1.83 bits per heavy atom. The van der Waals surface area contributed by atoms with Crippen molar-refractivity contribution < 1.29 is 9.84 Å². The van der Waals surface area contributed by atoms with Gasteiger partial charge in [-0.1, -0.05) is 22.9 Å². The van der Waals surface area contributed by atoms with Crippen LogP contribution < -0.4 is 4.74 Å². The quantitative estimate of drug-likeness (QED) is 0.925. The molecule has 18 heavy (non-hydrogen) atoms. The van der Waals surface area contributed by atoms with Crippen molar-refractivity contribution in [2.45, 2.75) is 19.4 Å². The topological polar surface area (TPSA) is 42.4 Å². The molecule has 0 aliphatic carbocycles. The Morgan fingerprint density at radius 3 is 2.39 bits per heavy atom. The van der Waals surface area contributed by atoms with Gasteiger partial charge in [0.1, 0.15) is 11.5 Å². The fraction of sp³-hybridized carbons (Fsp3) is 0.214. The lowest BCUT2D eigenvalue weighted by Crippen LogP contribution is -1.98. The molecule has 0 aliphatic rings. The summed E-state index contributed by atoms with van der Waals surface area (Å²) < 4.78 is 6.65. The summed E-state index contributed by atoms with van der Waals surface area (Å²) >= 11 is 3.37. The van der Waals surface area contributed by atoms with Crippen LogP contribution in [-0.2, 0) is 0 Å². The maximum absolute atomic E-state index is 9.63. The van der Waals surface area contributed by atoms with Gasteiger partial charge in [-0.25, -0.2) is 0 Å². The molecule has 2 aromatic rings. The van der Waals surface area contributed by atoms with E-state index in [1.54, 1.807) is 12.3 Å². The minimum Gasteiger partial charge on any atom is -0.456 e. The second-order valence-electron chi connectivity index (χ2n) is 3.90. The molecule has 4 heteroatoms. The molecule has 1 atom stereocenters. The number of benzene rings is 1. The number of hydrogen-bond acceptors (Lipinski definition) is 3. The predicted octanol–water partition coefficient (Wildman–Crippen LogP) is 4.08. The van der Waals surface area contributed by atoms with Crippen LogP contribution in [0.5, 0.6) is 11.5 Å². The van der Waals surface area contributed by atoms with Crippen molar-refractivity contribution in [2.24, 2.45) is 0 Å². The monoisotopic (exact) mass is 307 g/mol. The Kier molecular flexibility index (Phi) is 4.33. The zero-order valence-corrected chi connectivity index (χ0v) is 11.6. The highest BCUT2D eigenvalue weighted by molar-refractivity contribution is 9.10. The molecular formula is C14H14BrNO2. The summed E-state index contributed by atoms with van der Waals surface area (Å²) in [6.07, 6.45) is 1.77. The third kappa shape index (κ3) is 3.31. The second-order valence-corrected chi connectivity index (χ2v) is 4.81. The Labute approximate surface area is 115 Å². The lowest BCUT2D eigenvalue weighted by molar-refractivity contribution is 0.169. The van der Waals surface area contributed by atoms with Crippen molar-refractivity contribution in [3.8, 4) is 11.5 Å². The normalized spacial score (nSPS) is 12.2. The van der Waals surface area contributed by atoms with Gasteiger partial charge in [0, 0.05) is 4.47 Å². The number of aliphatic hydroxyl groups is 1. The first-order valence-electron chi connectivity index (χ1n) is 5.76. The Bertz CT molecular complexity index is 496. The minimum atomic E-state index is -0.508. The van der Waals surface area contributed by atoms with Gasteiger partial charge >= 0.3 is 0 Å². The number of hydrogen-bond donors (Lipinski definition) is 1. The summed E-state index contributed by atoms with van der Waals surface area (Å²) in [7, 11) is 0. The summed E-state index contributed by atoms with van der Waals surface area (Å²) in [6.45, 7) is 1.92. The molecule has 0 saturated carbocycles. The molecule has 2 rings (SSSR count). The van der Waals surface area contributed by atoms with E-state index in [9.17, 15) is 5.11 Å². The van der Waals surface area contributed by atoms with Crippen LogP contribution in [0.1, 0.15) is 25.1 Å². The smallest absolute Gasteiger partial charge is 0.145 e. The first-order valence-corrected chi connectivity index (χ1v) is 6.55. The van der Waals surface area contributed by atoms with Gasteiger partial charge in [-0.15, -0.1) is 0 Å². The molecule has 0 amide bonds. The Hall–Kier alpha value is -1.39. The maximum atomic E-state index is 9.63. The SMILES string of the molecule is CCC(O)c1ccc(Oc2ccc(Br)cc2)cn1. The molecule has 94 valence electrons. The van der Waals surface area contributed by atoms with E-state index in [1.165, 1.54) is 0 Å². The average molecular weight is 308 g/mol. The number of aliphatic hydroxyl groups excluding tert-OH is 1. The van der Waals surface area contributed by atoms with Gasteiger partial charge in [0.25, 0.3) is 0 Å². The van der Waals surface area contributed by atoms with Crippen molar-refractivity contribution in [1.82, 2.24) is 4.98 Å². The number of aromatic nitrogens is 1. The highest BCUT2D eigenvalue weighted by atomic mass is 79.9. The summed E-state index contributed by atoms with van der Waals surface area (Å²) in [5, 5.41) is 9.63. The number of nitrogens with zero attached hydrogens (tertiary/aromatic N) is 1. The molecule has 0 bridgehead atoms. The van der Waals surface area contributed by atoms with Gasteiger partial charge in [0.05, 0.1) is 18.0 Å². The zero-order valence-electron chi connectivity index (χ0n) is 10.0. The first-order chi connectivity index (χ1) is 8.69. The van der Waals surface area contributed by atoms with Crippen molar-refractivity contribution in [3.05, 3.63) is 52.8 Å². The zero-order chi connectivity index (χ0) is 13.0. The first kappa shape index (κ1) is 13.1. The summed E-state index contributed by atoms with van der Waals surface area (Å²) in [5.74, 6) is 1.41. The van der Waals surface area contributed by atoms with Crippen LogP contribution in [0.3, 0.4) is 0 Å². The van der Waals surface area contributed by atoms with Gasteiger partial charge in [-0.2, -0.15) is 0 Å². The molecule has 0 radical (unpaired) electrons. The van der Waals surface area contributed by atoms with E-state index in [4.69, 9.17) is 4.74 Å². The van der Waals surface area contributed by atoms with Crippen molar-refractivity contribution in [3.63, 3.8) is 0 Å². The van der Waals surface area contributed by atoms with E-state index < -0.39 is 6.10 Å². The molecule has 0 fully saturated rings. The van der Waals surface area contributed by atoms with E-state index in [0.717, 1.165) is 10.2 Å². The van der Waals surface area contributed by atoms with Crippen LogP contribution in [0.2, 0.25) is 0 Å². The van der Waals surface area contributed by atoms with Crippen molar-refractivity contribution in [1.29, 1.82) is 0 Å². The van der Waals surface area contributed by atoms with E-state index in [-0.39, 0.29) is 0 Å². The molecule has 1 unspecified atom stereocenters. The van der Waals surface area contributed by atoms with Gasteiger partial charge in [-0.05, 0) is 42.8 Å². The van der Waals surface area contributed by atoms with Crippen LogP contribution in [0.25, 0.3) is 0 Å². The fourth-order valence-corrected chi connectivity index (χ4v) is 1.76. The van der Waals surface area contributed by atoms with Gasteiger partial charge in [-0.3, -0.25) is 4.98 Å². The average Bonchev–Trinajstić information content (AvgIpc) is 2.41. The number of ether oxygens (including phenoxy) is 1. The van der Waals surface area contributed by atoms with E-state index in [1.807, 2.05) is 37.3 Å². The Balaban J connectivity index is 2.08. The third-order valence-corrected chi connectivity index (χ3v) is 3.07. The largest absolute Gasteiger partial charge is 0.456 e. The predicted molar refractivity (Wildman–Crippen MR) is 73.7 cm³/mol. The molecule has 1 N–H and O–H groups in total. The highest BCUT2D eigenvalue weighted by Crippen LogP contribution is 2.23. The third-order valence-electron chi connectivity index (χ3n) is 2.54. The van der Waals surface area contributed by atoms with Gasteiger partial charge in [0.15, 0.2) is 0 Å². The lowest BCUT2D eigenvalue weighted by atomic mass is 10.2. The molecule has 1 heterocycles. The molecule has 0 spiro atoms. The Morgan fingerprint density at radius 1 is 1.17 bits per heavy atom. The van der Waals surface area contributed by atoms with Crippen molar-refractivity contribution in [2.75, 3.05) is 0 Å². The molecular weight excluding hydrogens is 294 g/mol. The summed E-state index contributed by atoms with van der Waals surface area (Å²) in [5.41, 5.74) is 0.667.